The van der Waals surface area contributed by atoms with Gasteiger partial charge in [0.25, 0.3) is 0 Å². The third-order valence-corrected chi connectivity index (χ3v) is 2.25. The Morgan fingerprint density at radius 3 is 2.36 bits per heavy atom. The van der Waals surface area contributed by atoms with Crippen molar-refractivity contribution in [2.24, 2.45) is 7.05 Å². The Bertz CT molecular complexity index is 457. The zero-order valence-corrected chi connectivity index (χ0v) is 8.07. The van der Waals surface area contributed by atoms with Gasteiger partial charge in [0.05, 0.1) is 11.4 Å². The average molecular weight is 187 g/mol. The second kappa shape index (κ2) is 3.10. The van der Waals surface area contributed by atoms with E-state index in [1.54, 1.807) is 0 Å². The predicted molar refractivity (Wildman–Crippen MR) is 59.7 cm³/mol. The van der Waals surface area contributed by atoms with E-state index in [2.05, 4.69) is 0 Å². The Balaban J connectivity index is 2.47. The van der Waals surface area contributed by atoms with Crippen LogP contribution in [0.25, 0.3) is 11.1 Å². The molecular weight excluding hydrogens is 174 g/mol. The molecule has 0 bridgehead atoms. The molecule has 72 valence electrons. The van der Waals surface area contributed by atoms with E-state index in [1.165, 1.54) is 0 Å². The van der Waals surface area contributed by atoms with Gasteiger partial charge in [-0.1, -0.05) is 6.07 Å². The highest BCUT2D eigenvalue weighted by atomic mass is 14.9. The molecule has 0 aliphatic heterocycles. The zero-order chi connectivity index (χ0) is 10.1. The molecule has 1 aromatic heterocycles. The summed E-state index contributed by atoms with van der Waals surface area (Å²) in [5.74, 6) is 0. The number of hydrogen-bond acceptors (Lipinski definition) is 2. The molecule has 3 heteroatoms. The summed E-state index contributed by atoms with van der Waals surface area (Å²) in [5.41, 5.74) is 14.9. The van der Waals surface area contributed by atoms with Crippen LogP contribution in [0.5, 0.6) is 0 Å². The van der Waals surface area contributed by atoms with Gasteiger partial charge in [0.2, 0.25) is 0 Å². The SMILES string of the molecule is Cn1ccc(-c2ccc(N)c(N)c2)c1. The van der Waals surface area contributed by atoms with Gasteiger partial charge in [-0.3, -0.25) is 0 Å². The normalized spacial score (nSPS) is 10.4. The third-order valence-electron chi connectivity index (χ3n) is 2.25. The van der Waals surface area contributed by atoms with Crippen molar-refractivity contribution in [2.45, 2.75) is 0 Å². The van der Waals surface area contributed by atoms with Crippen molar-refractivity contribution in [1.29, 1.82) is 0 Å². The Morgan fingerprint density at radius 2 is 1.79 bits per heavy atom. The molecule has 0 radical (unpaired) electrons. The second-order valence-corrected chi connectivity index (χ2v) is 3.41. The maximum Gasteiger partial charge on any atom is 0.0554 e. The summed E-state index contributed by atoms with van der Waals surface area (Å²) in [5, 5.41) is 0. The minimum atomic E-state index is 0.629. The van der Waals surface area contributed by atoms with Crippen LogP contribution in [-0.4, -0.2) is 4.57 Å². The molecule has 0 saturated heterocycles. The van der Waals surface area contributed by atoms with Crippen LogP contribution < -0.4 is 11.5 Å². The fraction of sp³-hybridized carbons (Fsp3) is 0.0909. The fourth-order valence-electron chi connectivity index (χ4n) is 1.43. The van der Waals surface area contributed by atoms with Crippen molar-refractivity contribution < 1.29 is 0 Å². The van der Waals surface area contributed by atoms with Crippen LogP contribution in [0.4, 0.5) is 11.4 Å². The molecule has 0 saturated carbocycles. The molecule has 0 spiro atoms. The molecule has 0 aliphatic carbocycles. The van der Waals surface area contributed by atoms with Crippen LogP contribution in [0.15, 0.2) is 36.7 Å². The van der Waals surface area contributed by atoms with E-state index >= 15 is 0 Å². The first-order valence-electron chi connectivity index (χ1n) is 4.44. The first-order chi connectivity index (χ1) is 6.66. The molecule has 1 heterocycles. The lowest BCUT2D eigenvalue weighted by molar-refractivity contribution is 0.928. The Labute approximate surface area is 83.0 Å². The van der Waals surface area contributed by atoms with Crippen molar-refractivity contribution in [3.63, 3.8) is 0 Å². The van der Waals surface area contributed by atoms with Crippen molar-refractivity contribution in [1.82, 2.24) is 4.57 Å². The van der Waals surface area contributed by atoms with Crippen molar-refractivity contribution >= 4 is 11.4 Å². The Kier molecular flexibility index (Phi) is 1.93. The van der Waals surface area contributed by atoms with Crippen molar-refractivity contribution in [3.8, 4) is 11.1 Å². The summed E-state index contributed by atoms with van der Waals surface area (Å²) < 4.78 is 2.00. The van der Waals surface area contributed by atoms with E-state index in [-0.39, 0.29) is 0 Å². The molecule has 2 rings (SSSR count). The maximum atomic E-state index is 5.73. The molecule has 0 amide bonds. The van der Waals surface area contributed by atoms with Gasteiger partial charge in [-0.2, -0.15) is 0 Å². The molecule has 1 aromatic carbocycles. The maximum absolute atomic E-state index is 5.73. The summed E-state index contributed by atoms with van der Waals surface area (Å²) in [6, 6.07) is 7.74. The summed E-state index contributed by atoms with van der Waals surface area (Å²) in [4.78, 5) is 0. The zero-order valence-electron chi connectivity index (χ0n) is 8.07. The molecule has 2 aromatic rings. The first-order valence-corrected chi connectivity index (χ1v) is 4.44. The van der Waals surface area contributed by atoms with Crippen LogP contribution in [0.1, 0.15) is 0 Å². The van der Waals surface area contributed by atoms with Gasteiger partial charge < -0.3 is 16.0 Å². The van der Waals surface area contributed by atoms with Crippen LogP contribution in [-0.2, 0) is 7.05 Å². The van der Waals surface area contributed by atoms with Crippen LogP contribution in [0, 0.1) is 0 Å². The van der Waals surface area contributed by atoms with Gasteiger partial charge in [0.15, 0.2) is 0 Å². The lowest BCUT2D eigenvalue weighted by Gasteiger charge is -2.02. The van der Waals surface area contributed by atoms with E-state index < -0.39 is 0 Å². The quantitative estimate of drug-likeness (QED) is 0.669. The third kappa shape index (κ3) is 1.44. The van der Waals surface area contributed by atoms with Gasteiger partial charge >= 0.3 is 0 Å². The van der Waals surface area contributed by atoms with Crippen LogP contribution in [0.3, 0.4) is 0 Å². The molecule has 0 aliphatic rings. The standard InChI is InChI=1S/C11H13N3/c1-14-5-4-9(7-14)8-2-3-10(12)11(13)6-8/h2-7H,12-13H2,1H3. The molecule has 0 unspecified atom stereocenters. The number of hydrogen-bond donors (Lipinski definition) is 2. The molecular formula is C11H13N3. The highest BCUT2D eigenvalue weighted by Crippen LogP contribution is 2.25. The summed E-state index contributed by atoms with van der Waals surface area (Å²) in [7, 11) is 1.99. The number of anilines is 2. The van der Waals surface area contributed by atoms with Crippen molar-refractivity contribution in [3.05, 3.63) is 36.7 Å². The number of benzene rings is 1. The largest absolute Gasteiger partial charge is 0.397 e. The summed E-state index contributed by atoms with van der Waals surface area (Å²) >= 11 is 0. The van der Waals surface area contributed by atoms with Gasteiger partial charge in [-0.15, -0.1) is 0 Å². The monoisotopic (exact) mass is 187 g/mol. The highest BCUT2D eigenvalue weighted by Gasteiger charge is 2.01. The van der Waals surface area contributed by atoms with Gasteiger partial charge in [0, 0.05) is 19.4 Å². The summed E-state index contributed by atoms with van der Waals surface area (Å²) in [6.45, 7) is 0. The number of nitrogens with zero attached hydrogens (tertiary/aromatic N) is 1. The van der Waals surface area contributed by atoms with E-state index in [4.69, 9.17) is 11.5 Å². The van der Waals surface area contributed by atoms with E-state index in [0.717, 1.165) is 11.1 Å². The topological polar surface area (TPSA) is 57.0 Å². The van der Waals surface area contributed by atoms with E-state index in [1.807, 2.05) is 48.3 Å². The number of aryl methyl sites for hydroxylation is 1. The smallest absolute Gasteiger partial charge is 0.0554 e. The first kappa shape index (κ1) is 8.69. The summed E-state index contributed by atoms with van der Waals surface area (Å²) in [6.07, 6.45) is 4.05. The second-order valence-electron chi connectivity index (χ2n) is 3.41. The molecule has 14 heavy (non-hydrogen) atoms. The molecule has 3 nitrogen and oxygen atoms in total. The molecule has 0 fully saturated rings. The van der Waals surface area contributed by atoms with Crippen LogP contribution in [0.2, 0.25) is 0 Å². The Hall–Kier alpha value is -1.90. The minimum absolute atomic E-state index is 0.629. The average Bonchev–Trinajstić information content (AvgIpc) is 2.57. The predicted octanol–water partition coefficient (Wildman–Crippen LogP) is 1.86. The molecule has 0 atom stereocenters. The minimum Gasteiger partial charge on any atom is -0.397 e. The van der Waals surface area contributed by atoms with Crippen molar-refractivity contribution in [2.75, 3.05) is 11.5 Å². The van der Waals surface area contributed by atoms with Crippen LogP contribution >= 0.6 is 0 Å². The highest BCUT2D eigenvalue weighted by molar-refractivity contribution is 5.74. The van der Waals surface area contributed by atoms with Gasteiger partial charge in [-0.05, 0) is 29.3 Å². The van der Waals surface area contributed by atoms with E-state index in [9.17, 15) is 0 Å². The number of aromatic nitrogens is 1. The van der Waals surface area contributed by atoms with Gasteiger partial charge in [-0.25, -0.2) is 0 Å². The number of rotatable bonds is 1. The van der Waals surface area contributed by atoms with Gasteiger partial charge in [0.1, 0.15) is 0 Å². The number of nitrogens with two attached hydrogens (primary N) is 2. The Morgan fingerprint density at radius 1 is 1.00 bits per heavy atom. The number of nitrogen functional groups attached to an aromatic ring is 2. The lowest BCUT2D eigenvalue weighted by atomic mass is 10.1. The van der Waals surface area contributed by atoms with E-state index in [0.29, 0.717) is 11.4 Å². The fourth-order valence-corrected chi connectivity index (χ4v) is 1.43. The lowest BCUT2D eigenvalue weighted by Crippen LogP contribution is -1.93. The molecule has 4 N–H and O–H groups in total.